The van der Waals surface area contributed by atoms with E-state index in [9.17, 15) is 18.0 Å². The quantitative estimate of drug-likeness (QED) is 0.763. The average molecular weight is 414 g/mol. The van der Waals surface area contributed by atoms with Crippen LogP contribution in [0.4, 0.5) is 19.0 Å². The van der Waals surface area contributed by atoms with E-state index in [1.165, 1.54) is 18.3 Å². The zero-order valence-electron chi connectivity index (χ0n) is 15.2. The molecule has 9 heteroatoms. The Kier molecular flexibility index (Phi) is 6.10. The van der Waals surface area contributed by atoms with E-state index < -0.39 is 11.7 Å². The number of carbonyl (C=O) groups is 1. The van der Waals surface area contributed by atoms with Crippen LogP contribution in [0.2, 0.25) is 5.02 Å². The normalized spacial score (nSPS) is 14.8. The molecule has 3 rings (SSSR count). The van der Waals surface area contributed by atoms with Crippen LogP contribution in [0.1, 0.15) is 21.5 Å². The van der Waals surface area contributed by atoms with Gasteiger partial charge in [0.05, 0.1) is 29.4 Å². The van der Waals surface area contributed by atoms with E-state index in [0.717, 1.165) is 12.1 Å². The van der Waals surface area contributed by atoms with Crippen LogP contribution >= 0.6 is 11.6 Å². The molecule has 1 aromatic carbocycles. The van der Waals surface area contributed by atoms with Crippen molar-refractivity contribution in [2.24, 2.45) is 0 Å². The first kappa shape index (κ1) is 20.4. The first-order chi connectivity index (χ1) is 13.3. The molecule has 0 atom stereocenters. The van der Waals surface area contributed by atoms with Crippen LogP contribution in [0.15, 0.2) is 36.5 Å². The summed E-state index contributed by atoms with van der Waals surface area (Å²) in [5.74, 6) is 0.211. The van der Waals surface area contributed by atoms with E-state index >= 15 is 0 Å². The number of alkyl halides is 3. The molecular formula is C19H19ClF3N3O2. The van der Waals surface area contributed by atoms with Gasteiger partial charge in [0.15, 0.2) is 0 Å². The maximum atomic E-state index is 12.9. The van der Waals surface area contributed by atoms with Crippen molar-refractivity contribution in [1.82, 2.24) is 9.88 Å². The minimum Gasteiger partial charge on any atom is -0.378 e. The van der Waals surface area contributed by atoms with Crippen molar-refractivity contribution in [1.29, 1.82) is 0 Å². The molecule has 150 valence electrons. The summed E-state index contributed by atoms with van der Waals surface area (Å²) >= 11 is 6.30. The predicted molar refractivity (Wildman–Crippen MR) is 99.5 cm³/mol. The maximum Gasteiger partial charge on any atom is 0.416 e. The lowest BCUT2D eigenvalue weighted by Crippen LogP contribution is -2.40. The lowest BCUT2D eigenvalue weighted by molar-refractivity contribution is -0.137. The minimum atomic E-state index is -4.40. The monoisotopic (exact) mass is 413 g/mol. The van der Waals surface area contributed by atoms with Crippen molar-refractivity contribution in [2.45, 2.75) is 12.7 Å². The first-order valence-corrected chi connectivity index (χ1v) is 9.03. The fourth-order valence-electron chi connectivity index (χ4n) is 2.97. The molecular weight excluding hydrogens is 395 g/mol. The molecule has 0 bridgehead atoms. The highest BCUT2D eigenvalue weighted by atomic mass is 35.5. The van der Waals surface area contributed by atoms with Gasteiger partial charge in [-0.2, -0.15) is 13.2 Å². The molecule has 0 saturated carbocycles. The van der Waals surface area contributed by atoms with Gasteiger partial charge >= 0.3 is 6.18 Å². The minimum absolute atomic E-state index is 0.176. The first-order valence-electron chi connectivity index (χ1n) is 8.65. The highest BCUT2D eigenvalue weighted by Gasteiger charge is 2.30. The SMILES string of the molecule is CN(Cc1cccc(C(F)(F)F)c1)c1ncc(C(=O)N2CCOCC2)cc1Cl. The molecule has 1 aliphatic rings. The second-order valence-electron chi connectivity index (χ2n) is 6.49. The molecule has 5 nitrogen and oxygen atoms in total. The Hall–Kier alpha value is -2.32. The second-order valence-corrected chi connectivity index (χ2v) is 6.90. The predicted octanol–water partition coefficient (Wildman–Crippen LogP) is 3.86. The van der Waals surface area contributed by atoms with Gasteiger partial charge in [-0.1, -0.05) is 23.7 Å². The van der Waals surface area contributed by atoms with Crippen molar-refractivity contribution in [2.75, 3.05) is 38.3 Å². The van der Waals surface area contributed by atoms with Crippen LogP contribution in [-0.2, 0) is 17.5 Å². The number of pyridine rings is 1. The molecule has 1 fully saturated rings. The maximum absolute atomic E-state index is 12.9. The number of ether oxygens (including phenoxy) is 1. The summed E-state index contributed by atoms with van der Waals surface area (Å²) in [5, 5.41) is 0.258. The smallest absolute Gasteiger partial charge is 0.378 e. The number of hydrogen-bond acceptors (Lipinski definition) is 4. The van der Waals surface area contributed by atoms with Crippen LogP contribution in [-0.4, -0.2) is 49.1 Å². The standard InChI is InChI=1S/C19H19ClF3N3O2/c1-25(12-13-3-2-4-15(9-13)19(21,22)23)17-16(20)10-14(11-24-17)18(27)26-5-7-28-8-6-26/h2-4,9-11H,5-8,12H2,1H3. The Morgan fingerprint density at radius 1 is 1.29 bits per heavy atom. The highest BCUT2D eigenvalue weighted by Crippen LogP contribution is 2.30. The summed E-state index contributed by atoms with van der Waals surface area (Å²) in [6.07, 6.45) is -2.96. The van der Waals surface area contributed by atoms with Gasteiger partial charge in [-0.15, -0.1) is 0 Å². The molecule has 1 aliphatic heterocycles. The molecule has 0 N–H and O–H groups in total. The molecule has 0 spiro atoms. The van der Waals surface area contributed by atoms with Crippen molar-refractivity contribution >= 4 is 23.3 Å². The Bertz CT molecular complexity index is 855. The third-order valence-corrected chi connectivity index (χ3v) is 4.68. The van der Waals surface area contributed by atoms with Crippen molar-refractivity contribution in [3.8, 4) is 0 Å². The van der Waals surface area contributed by atoms with Crippen molar-refractivity contribution in [3.05, 3.63) is 58.2 Å². The second kappa shape index (κ2) is 8.36. The fourth-order valence-corrected chi connectivity index (χ4v) is 3.28. The number of hydrogen-bond donors (Lipinski definition) is 0. The van der Waals surface area contributed by atoms with E-state index in [4.69, 9.17) is 16.3 Å². The van der Waals surface area contributed by atoms with E-state index in [-0.39, 0.29) is 17.5 Å². The average Bonchev–Trinajstić information content (AvgIpc) is 2.67. The van der Waals surface area contributed by atoms with Crippen molar-refractivity contribution in [3.63, 3.8) is 0 Å². The Labute approximate surface area is 165 Å². The summed E-state index contributed by atoms with van der Waals surface area (Å²) in [7, 11) is 1.68. The molecule has 0 radical (unpaired) electrons. The molecule has 2 aromatic rings. The van der Waals surface area contributed by atoms with E-state index in [2.05, 4.69) is 4.98 Å². The number of nitrogens with zero attached hydrogens (tertiary/aromatic N) is 3. The van der Waals surface area contributed by atoms with Gasteiger partial charge in [0.2, 0.25) is 0 Å². The van der Waals surface area contributed by atoms with Crippen molar-refractivity contribution < 1.29 is 22.7 Å². The van der Waals surface area contributed by atoms with Crippen LogP contribution in [0.25, 0.3) is 0 Å². The number of carbonyl (C=O) groups excluding carboxylic acids is 1. The molecule has 1 aromatic heterocycles. The molecule has 0 unspecified atom stereocenters. The Morgan fingerprint density at radius 2 is 2.00 bits per heavy atom. The van der Waals surface area contributed by atoms with Gasteiger partial charge in [0.25, 0.3) is 5.91 Å². The van der Waals surface area contributed by atoms with Gasteiger partial charge < -0.3 is 14.5 Å². The van der Waals surface area contributed by atoms with E-state index in [0.29, 0.717) is 43.2 Å². The summed E-state index contributed by atoms with van der Waals surface area (Å²) in [4.78, 5) is 20.1. The van der Waals surface area contributed by atoms with E-state index in [1.807, 2.05) is 0 Å². The number of aromatic nitrogens is 1. The van der Waals surface area contributed by atoms with Crippen LogP contribution < -0.4 is 4.90 Å². The molecule has 1 amide bonds. The fraction of sp³-hybridized carbons (Fsp3) is 0.368. The zero-order chi connectivity index (χ0) is 20.3. The molecule has 0 aliphatic carbocycles. The number of morpholine rings is 1. The number of anilines is 1. The third-order valence-electron chi connectivity index (χ3n) is 4.40. The molecule has 1 saturated heterocycles. The van der Waals surface area contributed by atoms with Gasteiger partial charge in [0, 0.05) is 32.9 Å². The topological polar surface area (TPSA) is 45.7 Å². The molecule has 28 heavy (non-hydrogen) atoms. The summed E-state index contributed by atoms with van der Waals surface area (Å²) in [6.45, 7) is 2.18. The third kappa shape index (κ3) is 4.74. The molecule has 2 heterocycles. The lowest BCUT2D eigenvalue weighted by atomic mass is 10.1. The van der Waals surface area contributed by atoms with Crippen LogP contribution in [0.3, 0.4) is 0 Å². The number of benzene rings is 1. The van der Waals surface area contributed by atoms with Gasteiger partial charge in [-0.3, -0.25) is 4.79 Å². The van der Waals surface area contributed by atoms with Gasteiger partial charge in [0.1, 0.15) is 5.82 Å². The van der Waals surface area contributed by atoms with Gasteiger partial charge in [-0.25, -0.2) is 4.98 Å². The zero-order valence-corrected chi connectivity index (χ0v) is 15.9. The Balaban J connectivity index is 1.74. The van der Waals surface area contributed by atoms with Crippen LogP contribution in [0, 0.1) is 0 Å². The van der Waals surface area contributed by atoms with Crippen LogP contribution in [0.5, 0.6) is 0 Å². The lowest BCUT2D eigenvalue weighted by Gasteiger charge is -2.27. The summed E-state index contributed by atoms with van der Waals surface area (Å²) in [5.41, 5.74) is 0.135. The largest absolute Gasteiger partial charge is 0.416 e. The summed E-state index contributed by atoms with van der Waals surface area (Å²) in [6, 6.07) is 6.63. The number of rotatable bonds is 4. The Morgan fingerprint density at radius 3 is 2.64 bits per heavy atom. The van der Waals surface area contributed by atoms with E-state index in [1.54, 1.807) is 22.9 Å². The van der Waals surface area contributed by atoms with Gasteiger partial charge in [-0.05, 0) is 23.8 Å². The number of amides is 1. The number of halogens is 4. The highest BCUT2D eigenvalue weighted by molar-refractivity contribution is 6.33. The summed E-state index contributed by atoms with van der Waals surface area (Å²) < 4.78 is 43.9.